The molecule has 192 valence electrons. The molecule has 12 heteroatoms. The van der Waals surface area contributed by atoms with E-state index in [4.69, 9.17) is 24.1 Å². The van der Waals surface area contributed by atoms with E-state index in [0.29, 0.717) is 22.4 Å². The molecule has 0 radical (unpaired) electrons. The number of allylic oxidation sites excluding steroid dienone is 2. The predicted molar refractivity (Wildman–Crippen MR) is 116 cm³/mol. The highest BCUT2D eigenvalue weighted by Gasteiger charge is 2.48. The second-order valence-corrected chi connectivity index (χ2v) is 8.39. The van der Waals surface area contributed by atoms with Gasteiger partial charge in [-0.15, -0.1) is 0 Å². The van der Waals surface area contributed by atoms with E-state index in [9.17, 15) is 34.8 Å². The third-order valence-corrected chi connectivity index (χ3v) is 6.09. The Labute approximate surface area is 200 Å². The molecule has 2 aliphatic heterocycles. The van der Waals surface area contributed by atoms with E-state index >= 15 is 0 Å². The zero-order chi connectivity index (χ0) is 26.0. The van der Waals surface area contributed by atoms with Crippen molar-refractivity contribution >= 4 is 17.9 Å². The lowest BCUT2D eigenvalue weighted by atomic mass is 9.94. The third kappa shape index (κ3) is 5.25. The van der Waals surface area contributed by atoms with Gasteiger partial charge in [0.2, 0.25) is 6.29 Å². The maximum atomic E-state index is 12.2. The van der Waals surface area contributed by atoms with Gasteiger partial charge in [0.05, 0.1) is 7.11 Å². The smallest absolute Gasteiger partial charge is 0.342 e. The minimum Gasteiger partial charge on any atom is -0.507 e. The molecule has 0 aromatic heterocycles. The van der Waals surface area contributed by atoms with Gasteiger partial charge in [0, 0.05) is 17.5 Å². The van der Waals surface area contributed by atoms with Gasteiger partial charge in [-0.05, 0) is 32.3 Å². The molecule has 1 aromatic rings. The lowest BCUT2D eigenvalue weighted by molar-refractivity contribution is -0.286. The van der Waals surface area contributed by atoms with Crippen molar-refractivity contribution in [3.8, 4) is 11.5 Å². The van der Waals surface area contributed by atoms with E-state index in [1.165, 1.54) is 7.11 Å². The highest BCUT2D eigenvalue weighted by Crippen LogP contribution is 2.42. The fourth-order valence-corrected chi connectivity index (χ4v) is 4.04. The molecule has 0 aliphatic carbocycles. The first kappa shape index (κ1) is 26.4. The van der Waals surface area contributed by atoms with Crippen LogP contribution in [-0.4, -0.2) is 81.3 Å². The first-order valence-electron chi connectivity index (χ1n) is 10.8. The number of esters is 2. The van der Waals surface area contributed by atoms with Crippen LogP contribution in [0.2, 0.25) is 0 Å². The Hall–Kier alpha value is -3.19. The molecule has 3 rings (SSSR count). The van der Waals surface area contributed by atoms with Crippen molar-refractivity contribution in [3.05, 3.63) is 33.9 Å². The summed E-state index contributed by atoms with van der Waals surface area (Å²) in [5.74, 6) is -2.81. The summed E-state index contributed by atoms with van der Waals surface area (Å²) >= 11 is 0. The number of benzene rings is 1. The number of aliphatic hydroxyl groups is 3. The van der Waals surface area contributed by atoms with E-state index in [1.807, 2.05) is 0 Å². The second-order valence-electron chi connectivity index (χ2n) is 8.39. The van der Waals surface area contributed by atoms with E-state index in [0.717, 1.165) is 5.57 Å². The number of carboxylic acids is 1. The SMILES string of the molecule is COc1c(C)c2c(c(O)c1C/C=C(\C)CCC(=O)O[C@H]1O[C@@H](C(=O)O)[C@@H](O)[C@@H](O)[C@H]1O)C(=O)OC2. The van der Waals surface area contributed by atoms with Crippen LogP contribution in [0.4, 0.5) is 0 Å². The Morgan fingerprint density at radius 3 is 2.46 bits per heavy atom. The number of ether oxygens (including phenoxy) is 4. The van der Waals surface area contributed by atoms with E-state index in [-0.39, 0.29) is 37.2 Å². The standard InChI is InChI=1S/C23H28O12/c1-9(4-6-11-15(25)14-12(8-33-22(14)31)10(2)19(11)32-3)5-7-13(24)34-23-18(28)16(26)17(27)20(35-23)21(29)30/h4,16-18,20,23,25-28H,5-8H2,1-3H3,(H,29,30)/b9-4+/t16-,17+,18-,20-,23+/m1/s1. The Balaban J connectivity index is 1.63. The van der Waals surface area contributed by atoms with E-state index < -0.39 is 48.6 Å². The monoisotopic (exact) mass is 496 g/mol. The first-order chi connectivity index (χ1) is 16.5. The van der Waals surface area contributed by atoms with Gasteiger partial charge < -0.3 is 44.5 Å². The number of aliphatic carboxylic acids is 1. The summed E-state index contributed by atoms with van der Waals surface area (Å²) in [4.78, 5) is 35.4. The number of carbonyl (C=O) groups is 3. The van der Waals surface area contributed by atoms with Crippen LogP contribution in [0.5, 0.6) is 11.5 Å². The summed E-state index contributed by atoms with van der Waals surface area (Å²) in [5.41, 5.74) is 2.51. The van der Waals surface area contributed by atoms with E-state index in [2.05, 4.69) is 0 Å². The molecule has 1 aromatic carbocycles. The van der Waals surface area contributed by atoms with Gasteiger partial charge in [0.1, 0.15) is 42.0 Å². The van der Waals surface area contributed by atoms with Crippen LogP contribution >= 0.6 is 0 Å². The molecule has 1 fully saturated rings. The van der Waals surface area contributed by atoms with Crippen molar-refractivity contribution in [1.29, 1.82) is 0 Å². The van der Waals surface area contributed by atoms with Crippen LogP contribution in [0.25, 0.3) is 0 Å². The first-order valence-corrected chi connectivity index (χ1v) is 10.8. The number of carboxylic acid groups (broad SMARTS) is 1. The normalized spacial score (nSPS) is 26.2. The molecule has 5 N–H and O–H groups in total. The number of aliphatic hydroxyl groups excluding tert-OH is 3. The summed E-state index contributed by atoms with van der Waals surface area (Å²) in [6, 6.07) is 0. The van der Waals surface area contributed by atoms with Crippen molar-refractivity contribution in [2.75, 3.05) is 7.11 Å². The molecule has 0 spiro atoms. The second kappa shape index (κ2) is 10.6. The van der Waals surface area contributed by atoms with Gasteiger partial charge >= 0.3 is 17.9 Å². The van der Waals surface area contributed by atoms with Gasteiger partial charge in [-0.1, -0.05) is 11.6 Å². The number of methoxy groups -OCH3 is 1. The Kier molecular flexibility index (Phi) is 8.00. The highest BCUT2D eigenvalue weighted by atomic mass is 16.7. The maximum Gasteiger partial charge on any atom is 0.342 e. The van der Waals surface area contributed by atoms with Gasteiger partial charge in [-0.25, -0.2) is 9.59 Å². The Bertz CT molecular complexity index is 1050. The van der Waals surface area contributed by atoms with Gasteiger partial charge in [-0.3, -0.25) is 4.79 Å². The minimum atomic E-state index is -1.89. The van der Waals surface area contributed by atoms with Crippen LogP contribution in [0.15, 0.2) is 11.6 Å². The summed E-state index contributed by atoms with van der Waals surface area (Å²) in [6.45, 7) is 3.56. The lowest BCUT2D eigenvalue weighted by Gasteiger charge is -2.37. The summed E-state index contributed by atoms with van der Waals surface area (Å²) in [7, 11) is 1.45. The fourth-order valence-electron chi connectivity index (χ4n) is 4.04. The molecule has 12 nitrogen and oxygen atoms in total. The number of phenolic OH excluding ortho intramolecular Hbond substituents is 1. The average Bonchev–Trinajstić information content (AvgIpc) is 3.21. The molecular formula is C23H28O12. The largest absolute Gasteiger partial charge is 0.507 e. The Morgan fingerprint density at radius 1 is 1.14 bits per heavy atom. The van der Waals surface area contributed by atoms with Gasteiger partial charge in [0.15, 0.2) is 6.10 Å². The molecule has 1 saturated heterocycles. The van der Waals surface area contributed by atoms with Crippen LogP contribution in [-0.2, 0) is 36.8 Å². The Morgan fingerprint density at radius 2 is 1.83 bits per heavy atom. The van der Waals surface area contributed by atoms with Crippen molar-refractivity contribution in [1.82, 2.24) is 0 Å². The van der Waals surface area contributed by atoms with Gasteiger partial charge in [-0.2, -0.15) is 0 Å². The van der Waals surface area contributed by atoms with Crippen LogP contribution in [0.1, 0.15) is 46.8 Å². The van der Waals surface area contributed by atoms with Crippen molar-refractivity contribution < 1.29 is 58.9 Å². The molecule has 0 amide bonds. The molecule has 0 unspecified atom stereocenters. The maximum absolute atomic E-state index is 12.2. The number of carbonyl (C=O) groups excluding carboxylic acids is 2. The van der Waals surface area contributed by atoms with Crippen molar-refractivity contribution in [3.63, 3.8) is 0 Å². The molecule has 0 saturated carbocycles. The van der Waals surface area contributed by atoms with Crippen LogP contribution < -0.4 is 4.74 Å². The van der Waals surface area contributed by atoms with E-state index in [1.54, 1.807) is 19.9 Å². The fraction of sp³-hybridized carbons (Fsp3) is 0.522. The summed E-state index contributed by atoms with van der Waals surface area (Å²) in [5, 5.41) is 49.1. The minimum absolute atomic E-state index is 0.0593. The highest BCUT2D eigenvalue weighted by molar-refractivity contribution is 5.98. The van der Waals surface area contributed by atoms with Crippen molar-refractivity contribution in [2.24, 2.45) is 0 Å². The van der Waals surface area contributed by atoms with Crippen LogP contribution in [0, 0.1) is 6.92 Å². The summed E-state index contributed by atoms with van der Waals surface area (Å²) < 4.78 is 20.3. The number of hydrogen-bond acceptors (Lipinski definition) is 11. The number of aromatic hydroxyl groups is 1. The molecule has 35 heavy (non-hydrogen) atoms. The number of phenols is 1. The average molecular weight is 496 g/mol. The quantitative estimate of drug-likeness (QED) is 0.241. The number of rotatable bonds is 8. The molecule has 2 heterocycles. The predicted octanol–water partition coefficient (Wildman–Crippen LogP) is 0.0840. The van der Waals surface area contributed by atoms with Crippen LogP contribution in [0.3, 0.4) is 0 Å². The zero-order valence-electron chi connectivity index (χ0n) is 19.4. The number of fused-ring (bicyclic) bond motifs is 1. The molecule has 0 bridgehead atoms. The molecular weight excluding hydrogens is 468 g/mol. The molecule has 2 aliphatic rings. The summed E-state index contributed by atoms with van der Waals surface area (Å²) in [6.07, 6.45) is -7.23. The van der Waals surface area contributed by atoms with Gasteiger partial charge in [0.25, 0.3) is 0 Å². The van der Waals surface area contributed by atoms with Crippen molar-refractivity contribution in [2.45, 2.75) is 70.4 Å². The third-order valence-electron chi connectivity index (χ3n) is 6.09. The number of cyclic esters (lactones) is 1. The zero-order valence-corrected chi connectivity index (χ0v) is 19.4. The topological polar surface area (TPSA) is 189 Å². The number of hydrogen-bond donors (Lipinski definition) is 5. The lowest BCUT2D eigenvalue weighted by Crippen LogP contribution is -2.60. The molecule has 5 atom stereocenters.